The normalized spacial score (nSPS) is 15.7. The van der Waals surface area contributed by atoms with E-state index < -0.39 is 16.3 Å². The molecule has 1 aliphatic heterocycles. The summed E-state index contributed by atoms with van der Waals surface area (Å²) in [7, 11) is -3.60. The van der Waals surface area contributed by atoms with Crippen molar-refractivity contribution in [2.24, 2.45) is 0 Å². The van der Waals surface area contributed by atoms with Gasteiger partial charge in [-0.2, -0.15) is 4.31 Å². The number of para-hydroxylation sites is 1. The zero-order valence-corrected chi connectivity index (χ0v) is 13.5. The van der Waals surface area contributed by atoms with E-state index in [0.717, 1.165) is 10.6 Å². The summed E-state index contributed by atoms with van der Waals surface area (Å²) in [5.74, 6) is -0.277. The number of halogens is 2. The van der Waals surface area contributed by atoms with E-state index in [1.807, 2.05) is 0 Å². The summed E-state index contributed by atoms with van der Waals surface area (Å²) < 4.78 is 60.6. The van der Waals surface area contributed by atoms with Crippen molar-refractivity contribution in [3.63, 3.8) is 0 Å². The summed E-state index contributed by atoms with van der Waals surface area (Å²) in [6.07, 6.45) is -1.16. The number of sulfonamides is 1. The SMILES string of the molecule is CS(=O)(=O)N(Cc1ccccn1)Cc1cccc2c1OC(F)(F)O2. The molecule has 0 saturated carbocycles. The monoisotopic (exact) mass is 356 g/mol. The Balaban J connectivity index is 1.89. The fraction of sp³-hybridized carbons (Fsp3) is 0.267. The van der Waals surface area contributed by atoms with Crippen molar-refractivity contribution in [3.8, 4) is 11.5 Å². The van der Waals surface area contributed by atoms with Crippen LogP contribution in [0.4, 0.5) is 8.78 Å². The first kappa shape index (κ1) is 16.6. The van der Waals surface area contributed by atoms with Crippen LogP contribution in [0.15, 0.2) is 42.6 Å². The number of rotatable bonds is 5. The van der Waals surface area contributed by atoms with Crippen molar-refractivity contribution in [1.29, 1.82) is 0 Å². The van der Waals surface area contributed by atoms with E-state index >= 15 is 0 Å². The third kappa shape index (κ3) is 3.62. The molecule has 24 heavy (non-hydrogen) atoms. The summed E-state index contributed by atoms with van der Waals surface area (Å²) in [5, 5.41) is 0. The van der Waals surface area contributed by atoms with Crippen LogP contribution in [-0.4, -0.2) is 30.3 Å². The molecule has 0 atom stereocenters. The van der Waals surface area contributed by atoms with Gasteiger partial charge in [0.2, 0.25) is 10.0 Å². The Morgan fingerprint density at radius 3 is 2.58 bits per heavy atom. The Labute approximate surface area is 137 Å². The summed E-state index contributed by atoms with van der Waals surface area (Å²) in [6, 6.07) is 9.48. The molecule has 1 aromatic heterocycles. The molecule has 0 radical (unpaired) electrons. The molecule has 9 heteroatoms. The minimum Gasteiger partial charge on any atom is -0.395 e. The second-order valence-electron chi connectivity index (χ2n) is 5.26. The molecule has 2 heterocycles. The van der Waals surface area contributed by atoms with Gasteiger partial charge in [0.15, 0.2) is 11.5 Å². The van der Waals surface area contributed by atoms with Gasteiger partial charge in [-0.1, -0.05) is 18.2 Å². The lowest BCUT2D eigenvalue weighted by molar-refractivity contribution is -0.287. The van der Waals surface area contributed by atoms with E-state index in [0.29, 0.717) is 5.69 Å². The Morgan fingerprint density at radius 1 is 1.12 bits per heavy atom. The standard InChI is InChI=1S/C15H14F2N2O4S/c1-24(20,21)19(10-12-6-2-3-8-18-12)9-11-5-4-7-13-14(11)23-15(16,17)22-13/h2-8H,9-10H2,1H3. The van der Waals surface area contributed by atoms with Gasteiger partial charge in [-0.15, -0.1) is 8.78 Å². The zero-order chi connectivity index (χ0) is 17.4. The van der Waals surface area contributed by atoms with E-state index in [4.69, 9.17) is 0 Å². The van der Waals surface area contributed by atoms with Crippen LogP contribution in [0.2, 0.25) is 0 Å². The molecular weight excluding hydrogens is 342 g/mol. The lowest BCUT2D eigenvalue weighted by atomic mass is 10.2. The Bertz CT molecular complexity index is 844. The van der Waals surface area contributed by atoms with Gasteiger partial charge in [0.05, 0.1) is 18.5 Å². The van der Waals surface area contributed by atoms with Gasteiger partial charge in [0.25, 0.3) is 0 Å². The molecule has 0 spiro atoms. The van der Waals surface area contributed by atoms with Crippen LogP contribution in [0, 0.1) is 0 Å². The van der Waals surface area contributed by atoms with Gasteiger partial charge in [0, 0.05) is 18.3 Å². The third-order valence-corrected chi connectivity index (χ3v) is 4.59. The molecule has 0 N–H and O–H groups in total. The average Bonchev–Trinajstić information content (AvgIpc) is 2.81. The maximum absolute atomic E-state index is 13.2. The highest BCUT2D eigenvalue weighted by atomic mass is 32.2. The Morgan fingerprint density at radius 2 is 1.92 bits per heavy atom. The highest BCUT2D eigenvalue weighted by Crippen LogP contribution is 2.43. The van der Waals surface area contributed by atoms with Crippen LogP contribution in [-0.2, 0) is 23.1 Å². The van der Waals surface area contributed by atoms with Gasteiger partial charge < -0.3 is 9.47 Å². The van der Waals surface area contributed by atoms with Crippen LogP contribution in [0.3, 0.4) is 0 Å². The number of benzene rings is 1. The van der Waals surface area contributed by atoms with Crippen molar-refractivity contribution in [1.82, 2.24) is 9.29 Å². The summed E-state index contributed by atoms with van der Waals surface area (Å²) in [5.41, 5.74) is 0.823. The minimum atomic E-state index is -3.75. The van der Waals surface area contributed by atoms with E-state index in [1.165, 1.54) is 18.2 Å². The Hall–Kier alpha value is -2.26. The van der Waals surface area contributed by atoms with Gasteiger partial charge >= 0.3 is 6.29 Å². The first-order chi connectivity index (χ1) is 11.2. The molecule has 3 rings (SSSR count). The van der Waals surface area contributed by atoms with E-state index in [-0.39, 0.29) is 30.2 Å². The predicted octanol–water partition coefficient (Wildman–Crippen LogP) is 2.36. The second-order valence-corrected chi connectivity index (χ2v) is 7.25. The lowest BCUT2D eigenvalue weighted by Gasteiger charge is -2.20. The van der Waals surface area contributed by atoms with Crippen molar-refractivity contribution in [2.75, 3.05) is 6.26 Å². The molecule has 1 aromatic carbocycles. The number of pyridine rings is 1. The first-order valence-electron chi connectivity index (χ1n) is 6.97. The molecule has 1 aliphatic rings. The number of hydrogen-bond acceptors (Lipinski definition) is 5. The zero-order valence-electron chi connectivity index (χ0n) is 12.6. The van der Waals surface area contributed by atoms with Crippen LogP contribution >= 0.6 is 0 Å². The maximum Gasteiger partial charge on any atom is 0.586 e. The van der Waals surface area contributed by atoms with Gasteiger partial charge in [-0.25, -0.2) is 8.42 Å². The van der Waals surface area contributed by atoms with Crippen LogP contribution in [0.25, 0.3) is 0 Å². The van der Waals surface area contributed by atoms with Gasteiger partial charge in [-0.3, -0.25) is 4.98 Å². The van der Waals surface area contributed by atoms with Crippen molar-refractivity contribution < 1.29 is 26.7 Å². The number of nitrogens with zero attached hydrogens (tertiary/aromatic N) is 2. The lowest BCUT2D eigenvalue weighted by Crippen LogP contribution is -2.30. The molecule has 128 valence electrons. The van der Waals surface area contributed by atoms with E-state index in [2.05, 4.69) is 14.5 Å². The van der Waals surface area contributed by atoms with Crippen molar-refractivity contribution in [3.05, 3.63) is 53.9 Å². The maximum atomic E-state index is 13.2. The molecule has 0 aliphatic carbocycles. The van der Waals surface area contributed by atoms with Crippen LogP contribution in [0.5, 0.6) is 11.5 Å². The number of alkyl halides is 2. The number of hydrogen-bond donors (Lipinski definition) is 0. The number of ether oxygens (including phenoxy) is 2. The molecule has 0 fully saturated rings. The highest BCUT2D eigenvalue weighted by Gasteiger charge is 2.44. The summed E-state index contributed by atoms with van der Waals surface area (Å²) >= 11 is 0. The summed E-state index contributed by atoms with van der Waals surface area (Å²) in [4.78, 5) is 4.09. The molecule has 0 unspecified atom stereocenters. The predicted molar refractivity (Wildman–Crippen MR) is 81.0 cm³/mol. The fourth-order valence-electron chi connectivity index (χ4n) is 2.30. The molecule has 2 aromatic rings. The second kappa shape index (κ2) is 5.99. The van der Waals surface area contributed by atoms with Crippen molar-refractivity contribution >= 4 is 10.0 Å². The molecule has 0 amide bonds. The van der Waals surface area contributed by atoms with Gasteiger partial charge in [0.1, 0.15) is 0 Å². The largest absolute Gasteiger partial charge is 0.586 e. The van der Waals surface area contributed by atoms with Crippen LogP contribution < -0.4 is 9.47 Å². The van der Waals surface area contributed by atoms with Crippen LogP contribution in [0.1, 0.15) is 11.3 Å². The Kier molecular flexibility index (Phi) is 4.14. The first-order valence-corrected chi connectivity index (χ1v) is 8.82. The minimum absolute atomic E-state index is 0.0145. The van der Waals surface area contributed by atoms with E-state index in [9.17, 15) is 17.2 Å². The number of aromatic nitrogens is 1. The molecule has 0 saturated heterocycles. The summed E-state index contributed by atoms with van der Waals surface area (Å²) in [6.45, 7) is -0.126. The molecule has 6 nitrogen and oxygen atoms in total. The molecular formula is C15H14F2N2O4S. The quantitative estimate of drug-likeness (QED) is 0.823. The fourth-order valence-corrected chi connectivity index (χ4v) is 3.04. The third-order valence-electron chi connectivity index (χ3n) is 3.39. The van der Waals surface area contributed by atoms with E-state index in [1.54, 1.807) is 24.4 Å². The molecule has 0 bridgehead atoms. The van der Waals surface area contributed by atoms with Crippen molar-refractivity contribution in [2.45, 2.75) is 19.4 Å². The highest BCUT2D eigenvalue weighted by molar-refractivity contribution is 7.88. The smallest absolute Gasteiger partial charge is 0.395 e. The topological polar surface area (TPSA) is 68.7 Å². The van der Waals surface area contributed by atoms with Gasteiger partial charge in [-0.05, 0) is 18.2 Å². The average molecular weight is 356 g/mol. The number of fused-ring (bicyclic) bond motifs is 1.